The fraction of sp³-hybridized carbons (Fsp3) is 0.462. The van der Waals surface area contributed by atoms with Crippen molar-refractivity contribution in [2.45, 2.75) is 31.5 Å². The average Bonchev–Trinajstić information content (AvgIpc) is 3.06. The number of nitrogens with zero attached hydrogens (tertiary/aromatic N) is 2. The van der Waals surface area contributed by atoms with E-state index in [-0.39, 0.29) is 30.4 Å². The molecule has 21 heavy (non-hydrogen) atoms. The highest BCUT2D eigenvalue weighted by molar-refractivity contribution is 5.90. The van der Waals surface area contributed by atoms with Gasteiger partial charge in [-0.05, 0) is 25.0 Å². The lowest BCUT2D eigenvalue weighted by atomic mass is 10.0. The molecule has 0 aliphatic carbocycles. The first-order valence-electron chi connectivity index (χ1n) is 6.90. The number of hydrazine groups is 1. The molecule has 0 spiro atoms. The van der Waals surface area contributed by atoms with E-state index in [2.05, 4.69) is 16.2 Å². The largest absolute Gasteiger partial charge is 0.345 e. The Morgan fingerprint density at radius 2 is 2.00 bits per heavy atom. The third-order valence-corrected chi connectivity index (χ3v) is 3.79. The summed E-state index contributed by atoms with van der Waals surface area (Å²) in [5.41, 5.74) is 4.77. The molecular weight excluding hydrogens is 274 g/mol. The Bertz CT molecular complexity index is 556. The number of aromatic nitrogens is 1. The van der Waals surface area contributed by atoms with E-state index < -0.39 is 6.04 Å². The van der Waals surface area contributed by atoms with E-state index in [1.165, 1.54) is 4.90 Å². The van der Waals surface area contributed by atoms with Crippen LogP contribution >= 0.6 is 0 Å². The van der Waals surface area contributed by atoms with E-state index >= 15 is 0 Å². The maximum absolute atomic E-state index is 12.1. The predicted molar refractivity (Wildman–Crippen MR) is 72.8 cm³/mol. The van der Waals surface area contributed by atoms with E-state index in [1.54, 1.807) is 17.0 Å². The quantitative estimate of drug-likeness (QED) is 0.636. The van der Waals surface area contributed by atoms with E-state index in [1.807, 2.05) is 12.1 Å². The molecule has 0 radical (unpaired) electrons. The van der Waals surface area contributed by atoms with Crippen LogP contribution in [0.4, 0.5) is 4.79 Å². The predicted octanol–water partition coefficient (Wildman–Crippen LogP) is -0.808. The molecule has 1 aromatic heterocycles. The van der Waals surface area contributed by atoms with Gasteiger partial charge in [-0.3, -0.25) is 20.4 Å². The molecule has 8 heteroatoms. The Kier molecular flexibility index (Phi) is 3.51. The number of carbonyl (C=O) groups is 3. The SMILES string of the molecule is O=C(Cn1cccc1)NNC(=O)[C@@H]1CCC2CN1C(=O)N2. The van der Waals surface area contributed by atoms with Crippen molar-refractivity contribution in [1.82, 2.24) is 25.6 Å². The van der Waals surface area contributed by atoms with Gasteiger partial charge >= 0.3 is 6.03 Å². The van der Waals surface area contributed by atoms with Gasteiger partial charge < -0.3 is 14.8 Å². The zero-order valence-corrected chi connectivity index (χ0v) is 11.4. The highest BCUT2D eigenvalue weighted by Gasteiger charge is 2.41. The number of fused-ring (bicyclic) bond motifs is 2. The Morgan fingerprint density at radius 3 is 2.76 bits per heavy atom. The monoisotopic (exact) mass is 291 g/mol. The van der Waals surface area contributed by atoms with E-state index in [0.29, 0.717) is 13.0 Å². The molecule has 0 aromatic carbocycles. The molecule has 1 unspecified atom stereocenters. The van der Waals surface area contributed by atoms with Crippen LogP contribution in [0.3, 0.4) is 0 Å². The van der Waals surface area contributed by atoms with Gasteiger partial charge in [0.15, 0.2) is 0 Å². The number of rotatable bonds is 3. The first-order chi connectivity index (χ1) is 10.1. The fourth-order valence-electron chi connectivity index (χ4n) is 2.74. The van der Waals surface area contributed by atoms with Crippen LogP contribution < -0.4 is 16.2 Å². The number of piperidine rings is 1. The molecule has 4 amide bonds. The van der Waals surface area contributed by atoms with Gasteiger partial charge in [0.1, 0.15) is 12.6 Å². The lowest BCUT2D eigenvalue weighted by Gasteiger charge is -2.29. The summed E-state index contributed by atoms with van der Waals surface area (Å²) in [4.78, 5) is 36.9. The van der Waals surface area contributed by atoms with Crippen molar-refractivity contribution < 1.29 is 14.4 Å². The topological polar surface area (TPSA) is 95.5 Å². The zero-order valence-electron chi connectivity index (χ0n) is 11.4. The zero-order chi connectivity index (χ0) is 14.8. The van der Waals surface area contributed by atoms with Gasteiger partial charge in [-0.25, -0.2) is 4.79 Å². The van der Waals surface area contributed by atoms with Crippen LogP contribution in [-0.4, -0.2) is 45.9 Å². The van der Waals surface area contributed by atoms with Crippen LogP contribution in [0.25, 0.3) is 0 Å². The lowest BCUT2D eigenvalue weighted by molar-refractivity contribution is -0.132. The Hall–Kier alpha value is -2.51. The first-order valence-corrected chi connectivity index (χ1v) is 6.90. The minimum Gasteiger partial charge on any atom is -0.345 e. The van der Waals surface area contributed by atoms with Crippen LogP contribution in [0.2, 0.25) is 0 Å². The second kappa shape index (κ2) is 5.47. The van der Waals surface area contributed by atoms with Gasteiger partial charge in [0, 0.05) is 25.0 Å². The van der Waals surface area contributed by atoms with E-state index in [4.69, 9.17) is 0 Å². The normalized spacial score (nSPS) is 23.6. The van der Waals surface area contributed by atoms with Gasteiger partial charge in [0.05, 0.1) is 0 Å². The molecule has 0 saturated carbocycles. The highest BCUT2D eigenvalue weighted by atomic mass is 16.2. The third-order valence-electron chi connectivity index (χ3n) is 3.79. The molecule has 2 atom stereocenters. The number of carbonyl (C=O) groups excluding carboxylic acids is 3. The van der Waals surface area contributed by atoms with Gasteiger partial charge in [-0.15, -0.1) is 0 Å². The average molecular weight is 291 g/mol. The molecule has 3 rings (SSSR count). The van der Waals surface area contributed by atoms with Crippen molar-refractivity contribution in [2.75, 3.05) is 6.54 Å². The molecule has 112 valence electrons. The molecule has 1 aromatic rings. The number of hydrogen-bond acceptors (Lipinski definition) is 3. The molecule has 3 N–H and O–H groups in total. The Balaban J connectivity index is 1.50. The summed E-state index contributed by atoms with van der Waals surface area (Å²) in [7, 11) is 0. The Morgan fingerprint density at radius 1 is 1.24 bits per heavy atom. The minimum absolute atomic E-state index is 0.129. The van der Waals surface area contributed by atoms with Crippen molar-refractivity contribution in [1.29, 1.82) is 0 Å². The smallest absolute Gasteiger partial charge is 0.318 e. The second-order valence-electron chi connectivity index (χ2n) is 5.28. The minimum atomic E-state index is -0.518. The fourth-order valence-corrected chi connectivity index (χ4v) is 2.74. The third kappa shape index (κ3) is 2.83. The molecule has 2 saturated heterocycles. The van der Waals surface area contributed by atoms with Gasteiger partial charge in [-0.1, -0.05) is 0 Å². The van der Waals surface area contributed by atoms with Crippen molar-refractivity contribution in [3.8, 4) is 0 Å². The molecular formula is C13H17N5O3. The molecule has 2 aliphatic heterocycles. The Labute approximate surface area is 121 Å². The standard InChI is InChI=1S/C13H17N5O3/c19-11(8-17-5-1-2-6-17)15-16-12(20)10-4-3-9-7-18(10)13(21)14-9/h1-2,5-6,9-10H,3-4,7-8H2,(H,14,21)(H,15,19)(H,16,20)/t9?,10-/m0/s1. The molecule has 2 fully saturated rings. The van der Waals surface area contributed by atoms with Crippen LogP contribution in [0.5, 0.6) is 0 Å². The highest BCUT2D eigenvalue weighted by Crippen LogP contribution is 2.22. The number of hydrogen-bond donors (Lipinski definition) is 3. The lowest BCUT2D eigenvalue weighted by Crippen LogP contribution is -2.54. The van der Waals surface area contributed by atoms with Crippen LogP contribution in [0, 0.1) is 0 Å². The summed E-state index contributed by atoms with van der Waals surface area (Å²) in [6.07, 6.45) is 4.90. The van der Waals surface area contributed by atoms with Gasteiger partial charge in [0.2, 0.25) is 0 Å². The second-order valence-corrected chi connectivity index (χ2v) is 5.28. The molecule has 2 aliphatic rings. The molecule has 2 bridgehead atoms. The maximum atomic E-state index is 12.1. The van der Waals surface area contributed by atoms with Crippen LogP contribution in [0.15, 0.2) is 24.5 Å². The number of nitrogens with one attached hydrogen (secondary N) is 3. The van der Waals surface area contributed by atoms with Crippen molar-refractivity contribution in [3.63, 3.8) is 0 Å². The van der Waals surface area contributed by atoms with E-state index in [9.17, 15) is 14.4 Å². The molecule has 8 nitrogen and oxygen atoms in total. The summed E-state index contributed by atoms with van der Waals surface area (Å²) in [5, 5.41) is 2.81. The van der Waals surface area contributed by atoms with Crippen LogP contribution in [-0.2, 0) is 16.1 Å². The summed E-state index contributed by atoms with van der Waals surface area (Å²) in [5.74, 6) is -0.675. The van der Waals surface area contributed by atoms with Crippen molar-refractivity contribution in [2.24, 2.45) is 0 Å². The molecule has 3 heterocycles. The maximum Gasteiger partial charge on any atom is 0.318 e. The van der Waals surface area contributed by atoms with Gasteiger partial charge in [0.25, 0.3) is 11.8 Å². The first kappa shape index (κ1) is 13.5. The number of urea groups is 1. The number of amides is 4. The van der Waals surface area contributed by atoms with Gasteiger partial charge in [-0.2, -0.15) is 0 Å². The van der Waals surface area contributed by atoms with E-state index in [0.717, 1.165) is 6.42 Å². The van der Waals surface area contributed by atoms with Crippen molar-refractivity contribution in [3.05, 3.63) is 24.5 Å². The van der Waals surface area contributed by atoms with Crippen molar-refractivity contribution >= 4 is 17.8 Å². The van der Waals surface area contributed by atoms with Crippen LogP contribution in [0.1, 0.15) is 12.8 Å². The summed E-state index contributed by atoms with van der Waals surface area (Å²) >= 11 is 0. The summed E-state index contributed by atoms with van der Waals surface area (Å²) in [6.45, 7) is 0.679. The summed E-state index contributed by atoms with van der Waals surface area (Å²) < 4.78 is 1.70. The summed E-state index contributed by atoms with van der Waals surface area (Å²) in [6, 6.07) is 3.05.